The number of anilines is 2. The first-order valence-corrected chi connectivity index (χ1v) is 8.31. The van der Waals surface area contributed by atoms with Crippen LogP contribution in [0.4, 0.5) is 11.5 Å². The molecule has 2 heterocycles. The first-order valence-electron chi connectivity index (χ1n) is 7.55. The molecule has 0 saturated carbocycles. The van der Waals surface area contributed by atoms with Gasteiger partial charge in [-0.1, -0.05) is 29.3 Å². The monoisotopic (exact) mass is 365 g/mol. The number of hydrogen-bond donors (Lipinski definition) is 1. The maximum absolute atomic E-state index is 12.3. The maximum Gasteiger partial charge on any atom is 0.275 e. The first kappa shape index (κ1) is 17.0. The Kier molecular flexibility index (Phi) is 5.18. The predicted octanol–water partition coefficient (Wildman–Crippen LogP) is 2.79. The third-order valence-corrected chi connectivity index (χ3v) is 4.72. The number of carbonyl (C=O) groups is 1. The maximum atomic E-state index is 12.3. The largest absolute Gasteiger partial charge is 0.353 e. The summed E-state index contributed by atoms with van der Waals surface area (Å²) in [5, 5.41) is 3.38. The van der Waals surface area contributed by atoms with Gasteiger partial charge in [0, 0.05) is 26.2 Å². The fourth-order valence-corrected chi connectivity index (χ4v) is 2.77. The summed E-state index contributed by atoms with van der Waals surface area (Å²) in [6.07, 6.45) is 3.10. The summed E-state index contributed by atoms with van der Waals surface area (Å²) < 4.78 is 0. The Morgan fingerprint density at radius 2 is 1.88 bits per heavy atom. The van der Waals surface area contributed by atoms with Crippen molar-refractivity contribution in [2.24, 2.45) is 0 Å². The Hall–Kier alpha value is -1.89. The van der Waals surface area contributed by atoms with Gasteiger partial charge in [0.15, 0.2) is 0 Å². The summed E-state index contributed by atoms with van der Waals surface area (Å²) >= 11 is 12.0. The topological polar surface area (TPSA) is 61.4 Å². The van der Waals surface area contributed by atoms with Crippen molar-refractivity contribution < 1.29 is 4.79 Å². The number of amides is 1. The molecule has 126 valence electrons. The van der Waals surface area contributed by atoms with E-state index in [1.165, 1.54) is 6.20 Å². The highest BCUT2D eigenvalue weighted by atomic mass is 35.5. The van der Waals surface area contributed by atoms with E-state index in [2.05, 4.69) is 32.1 Å². The highest BCUT2D eigenvalue weighted by Crippen LogP contribution is 2.29. The normalized spacial score (nSPS) is 15.4. The number of likely N-dealkylation sites (N-methyl/N-ethyl adjacent to an activating group) is 1. The van der Waals surface area contributed by atoms with Crippen molar-refractivity contribution in [3.05, 3.63) is 46.3 Å². The third kappa shape index (κ3) is 3.77. The molecule has 1 aliphatic rings. The average molecular weight is 366 g/mol. The Bertz CT molecular complexity index is 730. The van der Waals surface area contributed by atoms with Crippen LogP contribution < -0.4 is 10.2 Å². The number of carbonyl (C=O) groups excluding carboxylic acids is 1. The van der Waals surface area contributed by atoms with Gasteiger partial charge in [-0.15, -0.1) is 0 Å². The molecule has 8 heteroatoms. The molecule has 0 unspecified atom stereocenters. The number of piperazine rings is 1. The Labute approximate surface area is 150 Å². The van der Waals surface area contributed by atoms with Crippen LogP contribution in [0.1, 0.15) is 10.5 Å². The molecule has 24 heavy (non-hydrogen) atoms. The van der Waals surface area contributed by atoms with Gasteiger partial charge >= 0.3 is 0 Å². The number of halogens is 2. The lowest BCUT2D eigenvalue weighted by Gasteiger charge is -2.32. The van der Waals surface area contributed by atoms with Crippen molar-refractivity contribution >= 4 is 40.6 Å². The van der Waals surface area contributed by atoms with Crippen molar-refractivity contribution in [3.8, 4) is 0 Å². The second kappa shape index (κ2) is 7.34. The van der Waals surface area contributed by atoms with E-state index >= 15 is 0 Å². The zero-order valence-electron chi connectivity index (χ0n) is 13.2. The molecule has 0 atom stereocenters. The summed E-state index contributed by atoms with van der Waals surface area (Å²) in [6, 6.07) is 5.05. The first-order chi connectivity index (χ1) is 11.5. The minimum absolute atomic E-state index is 0.226. The Morgan fingerprint density at radius 3 is 2.54 bits per heavy atom. The van der Waals surface area contributed by atoms with E-state index in [0.717, 1.165) is 32.0 Å². The van der Waals surface area contributed by atoms with Crippen LogP contribution >= 0.6 is 23.2 Å². The molecular formula is C16H17Cl2N5O. The molecule has 6 nitrogen and oxygen atoms in total. The van der Waals surface area contributed by atoms with Crippen molar-refractivity contribution in [2.45, 2.75) is 0 Å². The van der Waals surface area contributed by atoms with Crippen molar-refractivity contribution in [2.75, 3.05) is 43.4 Å². The quantitative estimate of drug-likeness (QED) is 0.905. The van der Waals surface area contributed by atoms with E-state index in [0.29, 0.717) is 15.7 Å². The molecule has 0 aliphatic carbocycles. The van der Waals surface area contributed by atoms with Crippen LogP contribution in [-0.2, 0) is 0 Å². The van der Waals surface area contributed by atoms with Crippen LogP contribution in [0.2, 0.25) is 10.0 Å². The molecule has 0 bridgehead atoms. The third-order valence-electron chi connectivity index (χ3n) is 3.90. The number of hydrogen-bond acceptors (Lipinski definition) is 5. The summed E-state index contributed by atoms with van der Waals surface area (Å²) in [6.45, 7) is 3.76. The molecule has 0 radical (unpaired) electrons. The SMILES string of the molecule is CN1CCN(c2cnc(C(=O)Nc3cccc(Cl)c3Cl)cn2)CC1. The summed E-state index contributed by atoms with van der Waals surface area (Å²) in [5.41, 5.74) is 0.669. The molecule has 0 spiro atoms. The van der Waals surface area contributed by atoms with Crippen molar-refractivity contribution in [3.63, 3.8) is 0 Å². The van der Waals surface area contributed by atoms with Gasteiger partial charge in [0.05, 0.1) is 28.1 Å². The van der Waals surface area contributed by atoms with Crippen LogP contribution in [0.25, 0.3) is 0 Å². The van der Waals surface area contributed by atoms with Crippen molar-refractivity contribution in [1.82, 2.24) is 14.9 Å². The van der Waals surface area contributed by atoms with E-state index in [1.807, 2.05) is 0 Å². The van der Waals surface area contributed by atoms with Gasteiger partial charge in [-0.05, 0) is 19.2 Å². The molecule has 1 saturated heterocycles. The van der Waals surface area contributed by atoms with Gasteiger partial charge in [-0.3, -0.25) is 4.79 Å². The second-order valence-electron chi connectivity index (χ2n) is 5.61. The molecule has 1 aromatic carbocycles. The van der Waals surface area contributed by atoms with E-state index in [1.54, 1.807) is 24.4 Å². The molecule has 1 aromatic heterocycles. The molecule has 2 aromatic rings. The fraction of sp³-hybridized carbons (Fsp3) is 0.312. The van der Waals surface area contributed by atoms with Crippen LogP contribution in [-0.4, -0.2) is 54.0 Å². The number of aromatic nitrogens is 2. The molecule has 1 N–H and O–H groups in total. The standard InChI is InChI=1S/C16H17Cl2N5O/c1-22-5-7-23(8-6-22)14-10-19-13(9-20-14)16(24)21-12-4-2-3-11(17)15(12)18/h2-4,9-10H,5-8H2,1H3,(H,21,24). The van der Waals surface area contributed by atoms with Gasteiger partial charge in [0.2, 0.25) is 0 Å². The number of benzene rings is 1. The summed E-state index contributed by atoms with van der Waals surface area (Å²) in [5.74, 6) is 0.400. The number of nitrogens with one attached hydrogen (secondary N) is 1. The van der Waals surface area contributed by atoms with Crippen LogP contribution in [0.3, 0.4) is 0 Å². The number of nitrogens with zero attached hydrogens (tertiary/aromatic N) is 4. The molecule has 1 amide bonds. The van der Waals surface area contributed by atoms with Gasteiger partial charge in [0.25, 0.3) is 5.91 Å². The molecule has 3 rings (SSSR count). The Morgan fingerprint density at radius 1 is 1.12 bits per heavy atom. The summed E-state index contributed by atoms with van der Waals surface area (Å²) in [4.78, 5) is 25.3. The zero-order chi connectivity index (χ0) is 17.1. The average Bonchev–Trinajstić information content (AvgIpc) is 2.60. The molecular weight excluding hydrogens is 349 g/mol. The second-order valence-corrected chi connectivity index (χ2v) is 6.39. The van der Waals surface area contributed by atoms with Gasteiger partial charge in [-0.25, -0.2) is 9.97 Å². The summed E-state index contributed by atoms with van der Waals surface area (Å²) in [7, 11) is 2.09. The lowest BCUT2D eigenvalue weighted by atomic mass is 10.3. The van der Waals surface area contributed by atoms with Gasteiger partial charge < -0.3 is 15.1 Å². The minimum Gasteiger partial charge on any atom is -0.353 e. The zero-order valence-corrected chi connectivity index (χ0v) is 14.7. The number of rotatable bonds is 3. The lowest BCUT2D eigenvalue weighted by Crippen LogP contribution is -2.44. The molecule has 1 fully saturated rings. The van der Waals surface area contributed by atoms with E-state index < -0.39 is 0 Å². The fourth-order valence-electron chi connectivity index (χ4n) is 2.42. The lowest BCUT2D eigenvalue weighted by molar-refractivity contribution is 0.102. The molecule has 1 aliphatic heterocycles. The van der Waals surface area contributed by atoms with E-state index in [9.17, 15) is 4.79 Å². The van der Waals surface area contributed by atoms with E-state index in [-0.39, 0.29) is 11.6 Å². The smallest absolute Gasteiger partial charge is 0.275 e. The Balaban J connectivity index is 1.69. The highest BCUT2D eigenvalue weighted by molar-refractivity contribution is 6.44. The highest BCUT2D eigenvalue weighted by Gasteiger charge is 2.17. The van der Waals surface area contributed by atoms with E-state index in [4.69, 9.17) is 23.2 Å². The minimum atomic E-state index is -0.378. The predicted molar refractivity (Wildman–Crippen MR) is 96.2 cm³/mol. The van der Waals surface area contributed by atoms with Crippen LogP contribution in [0, 0.1) is 0 Å². The van der Waals surface area contributed by atoms with Crippen LogP contribution in [0.15, 0.2) is 30.6 Å². The van der Waals surface area contributed by atoms with Crippen molar-refractivity contribution in [1.29, 1.82) is 0 Å². The van der Waals surface area contributed by atoms with Crippen LogP contribution in [0.5, 0.6) is 0 Å². The van der Waals surface area contributed by atoms with Gasteiger partial charge in [0.1, 0.15) is 11.5 Å². The van der Waals surface area contributed by atoms with Gasteiger partial charge in [-0.2, -0.15) is 0 Å².